The molecule has 0 spiro atoms. The zero-order chi connectivity index (χ0) is 15.1. The molecule has 0 bridgehead atoms. The van der Waals surface area contributed by atoms with Crippen LogP contribution in [0.25, 0.3) is 0 Å². The van der Waals surface area contributed by atoms with Crippen LogP contribution in [-0.4, -0.2) is 11.1 Å². The predicted octanol–water partition coefficient (Wildman–Crippen LogP) is 4.19. The first-order valence-electron chi connectivity index (χ1n) is 6.73. The number of hydrogen-bond acceptors (Lipinski definition) is 3. The number of rotatable bonds is 6. The van der Waals surface area contributed by atoms with Crippen LogP contribution in [0.5, 0.6) is 5.75 Å². The topological polar surface area (TPSA) is 58.6 Å². The van der Waals surface area contributed by atoms with Crippen LogP contribution in [0.2, 0.25) is 0 Å². The van der Waals surface area contributed by atoms with E-state index in [1.54, 1.807) is 18.2 Å². The van der Waals surface area contributed by atoms with Gasteiger partial charge in [-0.15, -0.1) is 0 Å². The first kappa shape index (κ1) is 14.7. The number of carboxylic acid groups (broad SMARTS) is 1. The highest BCUT2D eigenvalue weighted by Gasteiger charge is 2.12. The normalized spacial score (nSPS) is 11.0. The second-order valence-electron chi connectivity index (χ2n) is 4.37. The Morgan fingerprint density at radius 2 is 1.81 bits per heavy atom. The maximum atomic E-state index is 11.1. The molecule has 21 heavy (non-hydrogen) atoms. The van der Waals surface area contributed by atoms with Crippen molar-refractivity contribution in [2.45, 2.75) is 13.3 Å². The molecule has 2 N–H and O–H groups in total. The predicted molar refractivity (Wildman–Crippen MR) is 82.8 cm³/mol. The highest BCUT2D eigenvalue weighted by Crippen LogP contribution is 2.28. The van der Waals surface area contributed by atoms with Gasteiger partial charge in [-0.05, 0) is 36.8 Å². The van der Waals surface area contributed by atoms with E-state index in [1.165, 1.54) is 0 Å². The summed E-state index contributed by atoms with van der Waals surface area (Å²) in [5.74, 6) is -0.672. The van der Waals surface area contributed by atoms with E-state index in [-0.39, 0.29) is 5.76 Å². The van der Waals surface area contributed by atoms with Crippen LogP contribution >= 0.6 is 0 Å². The fourth-order valence-corrected chi connectivity index (χ4v) is 1.81. The molecule has 2 rings (SSSR count). The number of allylic oxidation sites excluding steroid dienone is 1. The summed E-state index contributed by atoms with van der Waals surface area (Å²) in [6.45, 7) is 1.86. The molecule has 0 radical (unpaired) electrons. The van der Waals surface area contributed by atoms with Gasteiger partial charge >= 0.3 is 5.97 Å². The number of hydrogen-bond donors (Lipinski definition) is 2. The third kappa shape index (κ3) is 4.11. The minimum absolute atomic E-state index is 0.0696. The Balaban J connectivity index is 2.24. The van der Waals surface area contributed by atoms with Crippen LogP contribution in [0.15, 0.2) is 66.4 Å². The van der Waals surface area contributed by atoms with Gasteiger partial charge in [-0.1, -0.05) is 37.3 Å². The SMILES string of the molecule is CC/C=C(\Oc1ccccc1Nc1ccccc1)C(=O)O. The van der Waals surface area contributed by atoms with Crippen molar-refractivity contribution in [3.63, 3.8) is 0 Å². The van der Waals surface area contributed by atoms with E-state index in [2.05, 4.69) is 5.32 Å². The molecule has 4 heteroatoms. The van der Waals surface area contributed by atoms with Crippen molar-refractivity contribution in [2.24, 2.45) is 0 Å². The molecule has 0 aliphatic carbocycles. The van der Waals surface area contributed by atoms with Crippen molar-refractivity contribution in [3.05, 3.63) is 66.4 Å². The largest absolute Gasteiger partial charge is 0.475 e. The molecule has 0 aromatic heterocycles. The quantitative estimate of drug-likeness (QED) is 0.616. The number of nitrogens with one attached hydrogen (secondary N) is 1. The Morgan fingerprint density at radius 3 is 2.48 bits per heavy atom. The Labute approximate surface area is 123 Å². The second-order valence-corrected chi connectivity index (χ2v) is 4.37. The van der Waals surface area contributed by atoms with E-state index in [9.17, 15) is 4.79 Å². The van der Waals surface area contributed by atoms with Gasteiger partial charge in [-0.3, -0.25) is 0 Å². The van der Waals surface area contributed by atoms with Gasteiger partial charge in [0.2, 0.25) is 5.76 Å². The minimum Gasteiger partial charge on any atom is -0.475 e. The first-order chi connectivity index (χ1) is 10.2. The van der Waals surface area contributed by atoms with Gasteiger partial charge in [0.25, 0.3) is 0 Å². The van der Waals surface area contributed by atoms with Gasteiger partial charge in [-0.25, -0.2) is 4.79 Å². The summed E-state index contributed by atoms with van der Waals surface area (Å²) in [6.07, 6.45) is 2.14. The summed E-state index contributed by atoms with van der Waals surface area (Å²) < 4.78 is 5.52. The second kappa shape index (κ2) is 7.14. The van der Waals surface area contributed by atoms with Gasteiger partial charge in [0.1, 0.15) is 0 Å². The zero-order valence-corrected chi connectivity index (χ0v) is 11.7. The maximum absolute atomic E-state index is 11.1. The van der Waals surface area contributed by atoms with Crippen LogP contribution in [-0.2, 0) is 4.79 Å². The summed E-state index contributed by atoms with van der Waals surface area (Å²) in [5, 5.41) is 12.3. The molecule has 0 heterocycles. The first-order valence-corrected chi connectivity index (χ1v) is 6.73. The summed E-state index contributed by atoms with van der Waals surface area (Å²) >= 11 is 0. The van der Waals surface area contributed by atoms with Crippen molar-refractivity contribution < 1.29 is 14.6 Å². The highest BCUT2D eigenvalue weighted by molar-refractivity contribution is 5.85. The average Bonchev–Trinajstić information content (AvgIpc) is 2.49. The number of carboxylic acids is 1. The molecular weight excluding hydrogens is 266 g/mol. The van der Waals surface area contributed by atoms with E-state index < -0.39 is 5.97 Å². The van der Waals surface area contributed by atoms with E-state index in [4.69, 9.17) is 9.84 Å². The maximum Gasteiger partial charge on any atom is 0.371 e. The Bertz CT molecular complexity index is 635. The standard InChI is InChI=1S/C17H17NO3/c1-2-8-16(17(19)20)21-15-12-7-6-11-14(15)18-13-9-4-3-5-10-13/h3-12,18H,2H2,1H3,(H,19,20)/b16-8-. The molecule has 0 saturated carbocycles. The van der Waals surface area contributed by atoms with Crippen molar-refractivity contribution in [3.8, 4) is 5.75 Å². The lowest BCUT2D eigenvalue weighted by atomic mass is 10.2. The molecule has 0 aliphatic rings. The summed E-state index contributed by atoms with van der Waals surface area (Å²) in [4.78, 5) is 11.1. The molecule has 0 amide bonds. The van der Waals surface area contributed by atoms with E-state index >= 15 is 0 Å². The monoisotopic (exact) mass is 283 g/mol. The van der Waals surface area contributed by atoms with Gasteiger partial charge in [0.05, 0.1) is 5.69 Å². The third-order valence-electron chi connectivity index (χ3n) is 2.76. The number of para-hydroxylation sites is 3. The van der Waals surface area contributed by atoms with E-state index in [1.807, 2.05) is 49.4 Å². The number of ether oxygens (including phenoxy) is 1. The Morgan fingerprint density at radius 1 is 1.14 bits per heavy atom. The van der Waals surface area contributed by atoms with Crippen LogP contribution < -0.4 is 10.1 Å². The van der Waals surface area contributed by atoms with E-state index in [0.29, 0.717) is 17.9 Å². The zero-order valence-electron chi connectivity index (χ0n) is 11.7. The summed E-state index contributed by atoms with van der Waals surface area (Å²) in [5.41, 5.74) is 1.62. The average molecular weight is 283 g/mol. The Hall–Kier alpha value is -2.75. The molecule has 4 nitrogen and oxygen atoms in total. The summed E-state index contributed by atoms with van der Waals surface area (Å²) in [7, 11) is 0. The molecule has 0 unspecified atom stereocenters. The van der Waals surface area contributed by atoms with Crippen molar-refractivity contribution in [1.82, 2.24) is 0 Å². The van der Waals surface area contributed by atoms with Crippen LogP contribution in [0.4, 0.5) is 11.4 Å². The smallest absolute Gasteiger partial charge is 0.371 e. The lowest BCUT2D eigenvalue weighted by Crippen LogP contribution is -2.08. The molecule has 0 saturated heterocycles. The van der Waals surface area contributed by atoms with E-state index in [0.717, 1.165) is 5.69 Å². The van der Waals surface area contributed by atoms with Crippen molar-refractivity contribution in [1.29, 1.82) is 0 Å². The van der Waals surface area contributed by atoms with Gasteiger partial charge < -0.3 is 15.2 Å². The van der Waals surface area contributed by atoms with Crippen molar-refractivity contribution >= 4 is 17.3 Å². The molecule has 2 aromatic rings. The van der Waals surface area contributed by atoms with Crippen LogP contribution in [0.3, 0.4) is 0 Å². The van der Waals surface area contributed by atoms with Crippen molar-refractivity contribution in [2.75, 3.05) is 5.32 Å². The number of aliphatic carboxylic acids is 1. The molecule has 0 fully saturated rings. The molecular formula is C17H17NO3. The lowest BCUT2D eigenvalue weighted by Gasteiger charge is -2.13. The highest BCUT2D eigenvalue weighted by atomic mass is 16.5. The molecule has 0 aliphatic heterocycles. The molecule has 0 atom stereocenters. The fourth-order valence-electron chi connectivity index (χ4n) is 1.81. The van der Waals surface area contributed by atoms with Gasteiger partial charge in [-0.2, -0.15) is 0 Å². The van der Waals surface area contributed by atoms with Gasteiger partial charge in [0, 0.05) is 5.69 Å². The molecule has 2 aromatic carbocycles. The van der Waals surface area contributed by atoms with Crippen LogP contribution in [0, 0.1) is 0 Å². The number of anilines is 2. The number of carbonyl (C=O) groups is 1. The van der Waals surface area contributed by atoms with Gasteiger partial charge in [0.15, 0.2) is 5.75 Å². The summed E-state index contributed by atoms with van der Waals surface area (Å²) in [6, 6.07) is 16.9. The third-order valence-corrected chi connectivity index (χ3v) is 2.76. The number of benzene rings is 2. The fraction of sp³-hybridized carbons (Fsp3) is 0.118. The lowest BCUT2D eigenvalue weighted by molar-refractivity contribution is -0.135. The minimum atomic E-state index is -1.08. The Kier molecular flexibility index (Phi) is 4.99. The molecule has 108 valence electrons. The van der Waals surface area contributed by atoms with Crippen LogP contribution in [0.1, 0.15) is 13.3 Å².